The minimum atomic E-state index is -4.46. The molecule has 0 radical (unpaired) electrons. The first-order valence-corrected chi connectivity index (χ1v) is 47.0. The molecule has 0 aromatic heterocycles. The number of nitrogens with zero attached hydrogens (tertiary/aromatic N) is 12. The quantitative estimate of drug-likeness (QED) is 0.0424. The monoisotopic (exact) mass is 1540 g/mol. The highest BCUT2D eigenvalue weighted by Crippen LogP contribution is 2.59. The Labute approximate surface area is 624 Å². The second-order valence-corrected chi connectivity index (χ2v) is 38.1. The highest BCUT2D eigenvalue weighted by molar-refractivity contribution is 7.56. The third-order valence-electron chi connectivity index (χ3n) is 20.4. The lowest BCUT2D eigenvalue weighted by molar-refractivity contribution is -0.0471. The third-order valence-corrected chi connectivity index (χ3v) is 27.7. The number of hydrogen-bond donors (Lipinski definition) is 2. The van der Waals surface area contributed by atoms with Crippen LogP contribution in [-0.2, 0) is 55.1 Å². The number of unbranched alkanes of at least 4 members (excludes halogenated alkanes) is 30. The zero-order chi connectivity index (χ0) is 74.2. The molecule has 4 unspecified atom stereocenters. The number of aliphatic hydroxyl groups is 1. The molecule has 0 saturated carbocycles. The normalized spacial score (nSPS) is 23.6. The molecular weight excluding hydrogens is 1390 g/mol. The predicted octanol–water partition coefficient (Wildman–Crippen LogP) is 15.5. The largest absolute Gasteiger partial charge is 0.472 e. The van der Waals surface area contributed by atoms with Crippen LogP contribution in [0.15, 0.2) is 14.3 Å². The minimum Gasteiger partial charge on any atom is -0.396 e. The first kappa shape index (κ1) is 90.1. The summed E-state index contributed by atoms with van der Waals surface area (Å²) >= 11 is 0. The summed E-state index contributed by atoms with van der Waals surface area (Å²) in [5.41, 5.74) is -0.803. The molecule has 6 fully saturated rings. The van der Waals surface area contributed by atoms with Gasteiger partial charge in [0.15, 0.2) is 0 Å². The van der Waals surface area contributed by atoms with E-state index < -0.39 is 54.7 Å². The molecule has 2 N–H and O–H groups in total. The Morgan fingerprint density at radius 3 is 1.01 bits per heavy atom. The summed E-state index contributed by atoms with van der Waals surface area (Å²) in [6.45, 7) is 20.1. The van der Waals surface area contributed by atoms with Crippen LogP contribution in [0.25, 0.3) is 0 Å². The average molecular weight is 1540 g/mol. The van der Waals surface area contributed by atoms with E-state index in [4.69, 9.17) is 56.2 Å². The number of hydrogen-bond acceptors (Lipinski definition) is 13. The number of guanidine groups is 3. The summed E-state index contributed by atoms with van der Waals surface area (Å²) in [5.74, 6) is 1.84. The molecule has 0 aliphatic carbocycles. The van der Waals surface area contributed by atoms with Crippen LogP contribution in [0, 0.1) is 0 Å². The van der Waals surface area contributed by atoms with Crippen molar-refractivity contribution >= 4 is 48.7 Å². The number of phosphoric acid groups is 1. The van der Waals surface area contributed by atoms with Crippen LogP contribution in [-0.4, -0.2) is 267 Å². The molecule has 30 heteroatoms. The summed E-state index contributed by atoms with van der Waals surface area (Å²) in [6.07, 6.45) is 37.2. The van der Waals surface area contributed by atoms with Gasteiger partial charge in [-0.1, -0.05) is 207 Å². The van der Waals surface area contributed by atoms with Crippen LogP contribution < -0.4 is 0 Å². The molecule has 6 heterocycles. The van der Waals surface area contributed by atoms with Crippen molar-refractivity contribution in [2.24, 2.45) is 14.3 Å². The topological polar surface area (TPSA) is 249 Å². The summed E-state index contributed by atoms with van der Waals surface area (Å²) in [7, 11) is -10.8. The molecule has 6 saturated heterocycles. The van der Waals surface area contributed by atoms with Crippen molar-refractivity contribution in [3.8, 4) is 0 Å². The van der Waals surface area contributed by atoms with Gasteiger partial charge in [0.2, 0.25) is 17.9 Å². The van der Waals surface area contributed by atoms with Crippen LogP contribution in [0.5, 0.6) is 0 Å². The summed E-state index contributed by atoms with van der Waals surface area (Å²) in [4.78, 5) is 23.5. The molecule has 0 bridgehead atoms. The standard InChI is InChI=1S/C73H146N12O14P4/c1-10-13-16-19-22-25-28-31-34-39-44-80-50-47-77(7)70(80)74-100(87,97-65-68-63-85(55-60-93-68)102(89,99-73(4,5)6)76-72-79(9)49-52-82(72)46-41-36-33-30-27-24-21-18-15-12-3)83-53-58-92-67(61-83)64-96-101(88,75-71-78(8)48-51-81(71)45-40-35-32-29-26-23-20-17-14-11-2)84-54-59-94-69(62-84)66-98-103(90,91)95-57-43-38-37-42-56-86/h67-69,86H,10-66H2,1-9H3,(H,90,91)/t67-,68-,69-,100?,101?,102?/m0/s1. The van der Waals surface area contributed by atoms with Crippen molar-refractivity contribution in [2.45, 2.75) is 284 Å². The third kappa shape index (κ3) is 33.8. The maximum Gasteiger partial charge on any atom is 0.472 e. The van der Waals surface area contributed by atoms with E-state index >= 15 is 13.7 Å². The lowest BCUT2D eigenvalue weighted by Crippen LogP contribution is -2.46. The lowest BCUT2D eigenvalue weighted by atomic mass is 10.1. The van der Waals surface area contributed by atoms with E-state index in [0.717, 1.165) is 97.1 Å². The second kappa shape index (κ2) is 49.5. The first-order chi connectivity index (χ1) is 49.6. The van der Waals surface area contributed by atoms with Gasteiger partial charge in [-0.3, -0.25) is 22.6 Å². The van der Waals surface area contributed by atoms with Gasteiger partial charge in [0.1, 0.15) is 0 Å². The molecule has 602 valence electrons. The molecule has 0 amide bonds. The predicted molar refractivity (Wildman–Crippen MR) is 417 cm³/mol. The molecule has 7 atom stereocenters. The number of aliphatic hydroxyl groups excluding tert-OH is 1. The number of morpholine rings is 3. The Hall–Kier alpha value is -1.79. The number of phosphoric ester groups is 1. The first-order valence-electron chi connectivity index (χ1n) is 41.0. The van der Waals surface area contributed by atoms with Crippen molar-refractivity contribution in [1.29, 1.82) is 0 Å². The maximum atomic E-state index is 16.4. The minimum absolute atomic E-state index is 0.0135. The van der Waals surface area contributed by atoms with Crippen LogP contribution in [0.2, 0.25) is 0 Å². The second-order valence-electron chi connectivity index (χ2n) is 30.7. The fourth-order valence-electron chi connectivity index (χ4n) is 14.2. The summed E-state index contributed by atoms with van der Waals surface area (Å²) in [6, 6.07) is 0. The molecular formula is C73H146N12O14P4. The Kier molecular flexibility index (Phi) is 43.3. The van der Waals surface area contributed by atoms with E-state index in [9.17, 15) is 9.46 Å². The van der Waals surface area contributed by atoms with Crippen molar-refractivity contribution in [1.82, 2.24) is 43.4 Å². The van der Waals surface area contributed by atoms with Gasteiger partial charge < -0.3 is 53.6 Å². The zero-order valence-corrected chi connectivity index (χ0v) is 69.6. The molecule has 0 aromatic rings. The fraction of sp³-hybridized carbons (Fsp3) is 0.959. The van der Waals surface area contributed by atoms with Crippen molar-refractivity contribution in [3.05, 3.63) is 0 Å². The Morgan fingerprint density at radius 2 is 0.680 bits per heavy atom. The van der Waals surface area contributed by atoms with Crippen LogP contribution in [0.3, 0.4) is 0 Å². The molecule has 103 heavy (non-hydrogen) atoms. The van der Waals surface area contributed by atoms with E-state index in [1.807, 2.05) is 51.5 Å². The Morgan fingerprint density at radius 1 is 0.388 bits per heavy atom. The smallest absolute Gasteiger partial charge is 0.396 e. The van der Waals surface area contributed by atoms with Gasteiger partial charge in [0.05, 0.1) is 70.2 Å². The zero-order valence-electron chi connectivity index (χ0n) is 66.0. The molecule has 26 nitrogen and oxygen atoms in total. The van der Waals surface area contributed by atoms with E-state index in [2.05, 4.69) is 45.3 Å². The number of likely N-dealkylation sites (N-methyl/N-ethyl adjacent to an activating group) is 3. The van der Waals surface area contributed by atoms with Gasteiger partial charge in [0.25, 0.3) is 0 Å². The maximum absolute atomic E-state index is 16.4. The number of ether oxygens (including phenoxy) is 3. The highest BCUT2D eigenvalue weighted by atomic mass is 31.2. The summed E-state index contributed by atoms with van der Waals surface area (Å²) < 4.78 is 132. The molecule has 6 rings (SSSR count). The van der Waals surface area contributed by atoms with E-state index in [1.54, 1.807) is 9.34 Å². The lowest BCUT2D eigenvalue weighted by Gasteiger charge is -2.39. The van der Waals surface area contributed by atoms with Crippen molar-refractivity contribution in [2.75, 3.05) is 172 Å². The van der Waals surface area contributed by atoms with Crippen molar-refractivity contribution < 1.29 is 65.1 Å². The van der Waals surface area contributed by atoms with Gasteiger partial charge in [-0.15, -0.1) is 0 Å². The van der Waals surface area contributed by atoms with E-state index in [-0.39, 0.29) is 85.6 Å². The SMILES string of the molecule is CCCCCCCCCCCCN1CCN(C)C1=NP(=O)(OC[C@@H]1CN(P(=O)(N=C2N(C)CCN2CCCCCCCCCCCC)OC[C@@H]2CN(P(=O)(N=C3N(C)CCN3CCCCCCCCCCCC)OC(C)(C)C)CCO2)CCO1)N1CCO[C@H](COP(=O)(O)OCCCCCCO)C1. The van der Waals surface area contributed by atoms with E-state index in [1.165, 1.54) is 148 Å². The molecule has 6 aliphatic heterocycles. The number of rotatable bonds is 56. The van der Waals surface area contributed by atoms with Crippen LogP contribution >= 0.6 is 30.8 Å². The van der Waals surface area contributed by atoms with Gasteiger partial charge in [-0.2, -0.15) is 14.3 Å². The fourth-order valence-corrected chi connectivity index (χ4v) is 21.1. The molecule has 0 spiro atoms. The highest BCUT2D eigenvalue weighted by Gasteiger charge is 2.46. The summed E-state index contributed by atoms with van der Waals surface area (Å²) in [5, 5.41) is 9.16. The van der Waals surface area contributed by atoms with Crippen LogP contribution in [0.4, 0.5) is 0 Å². The van der Waals surface area contributed by atoms with Gasteiger partial charge in [-0.05, 0) is 52.9 Å². The van der Waals surface area contributed by atoms with E-state index in [0.29, 0.717) is 56.9 Å². The Bertz CT molecular complexity index is 2620. The molecule has 6 aliphatic rings. The van der Waals surface area contributed by atoms with Crippen molar-refractivity contribution in [3.63, 3.8) is 0 Å². The molecule has 0 aromatic carbocycles. The van der Waals surface area contributed by atoms with Crippen LogP contribution in [0.1, 0.15) is 260 Å². The van der Waals surface area contributed by atoms with Gasteiger partial charge in [0, 0.05) is 126 Å². The van der Waals surface area contributed by atoms with Gasteiger partial charge >= 0.3 is 30.8 Å². The van der Waals surface area contributed by atoms with Gasteiger partial charge in [-0.25, -0.2) is 32.3 Å². The average Bonchev–Trinajstić information content (AvgIpc) is 1.78. The Balaban J connectivity index is 1.22.